The maximum absolute atomic E-state index is 9.53. The van der Waals surface area contributed by atoms with Crippen molar-refractivity contribution in [2.75, 3.05) is 0 Å². The van der Waals surface area contributed by atoms with Crippen molar-refractivity contribution in [2.45, 2.75) is 19.4 Å². The normalized spacial score (nSPS) is 11.2. The molecule has 2 nitrogen and oxygen atoms in total. The van der Waals surface area contributed by atoms with Crippen LogP contribution in [-0.4, -0.2) is 17.5 Å². The summed E-state index contributed by atoms with van der Waals surface area (Å²) in [5.41, 5.74) is 0. The van der Waals surface area contributed by atoms with E-state index in [0.29, 0.717) is 12.7 Å². The largest absolute Gasteiger partial charge is 0.392 e. The van der Waals surface area contributed by atoms with E-state index in [1.54, 1.807) is 6.92 Å². The Kier molecular flexibility index (Phi) is 3.91. The fraction of sp³-hybridized carbons (Fsp3) is 0.500. The molecule has 1 atom stereocenters. The summed E-state index contributed by atoms with van der Waals surface area (Å²) in [7, 11) is 0. The predicted octanol–water partition coefficient (Wildman–Crippen LogP) is -0.0404. The van der Waals surface area contributed by atoms with E-state index in [2.05, 4.69) is 11.8 Å². The highest BCUT2D eigenvalue weighted by atomic mass is 16.3. The molecule has 0 aromatic rings. The third-order valence-corrected chi connectivity index (χ3v) is 0.558. The van der Waals surface area contributed by atoms with Gasteiger partial charge < -0.3 is 5.11 Å². The molecule has 0 spiro atoms. The van der Waals surface area contributed by atoms with Crippen LogP contribution in [-0.2, 0) is 4.79 Å². The zero-order valence-electron chi connectivity index (χ0n) is 4.72. The summed E-state index contributed by atoms with van der Waals surface area (Å²) in [5.74, 6) is 4.66. The van der Waals surface area contributed by atoms with E-state index in [-0.39, 0.29) is 0 Å². The number of hydrogen-bond acceptors (Lipinski definition) is 2. The maximum Gasteiger partial charge on any atom is 0.192 e. The number of hydrogen-bond donors (Lipinski definition) is 1. The SMILES string of the molecule is CC(O)CC#CC=O. The number of aldehydes is 1. The lowest BCUT2D eigenvalue weighted by atomic mass is 10.3. The Morgan fingerprint density at radius 1 is 1.88 bits per heavy atom. The van der Waals surface area contributed by atoms with Gasteiger partial charge in [0.15, 0.2) is 6.29 Å². The zero-order valence-corrected chi connectivity index (χ0v) is 4.72. The summed E-state index contributed by atoms with van der Waals surface area (Å²) >= 11 is 0. The van der Waals surface area contributed by atoms with Crippen molar-refractivity contribution in [2.24, 2.45) is 0 Å². The average molecular weight is 112 g/mol. The van der Waals surface area contributed by atoms with E-state index in [1.165, 1.54) is 0 Å². The molecule has 0 aliphatic heterocycles. The van der Waals surface area contributed by atoms with E-state index in [0.717, 1.165) is 0 Å². The summed E-state index contributed by atoms with van der Waals surface area (Å²) in [6, 6.07) is 0. The molecule has 0 aliphatic rings. The van der Waals surface area contributed by atoms with E-state index in [4.69, 9.17) is 5.11 Å². The molecule has 0 aliphatic carbocycles. The molecule has 0 amide bonds. The molecule has 0 bridgehead atoms. The molecule has 8 heavy (non-hydrogen) atoms. The van der Waals surface area contributed by atoms with Crippen LogP contribution in [0.25, 0.3) is 0 Å². The van der Waals surface area contributed by atoms with Gasteiger partial charge in [-0.05, 0) is 12.8 Å². The molecule has 0 rings (SSSR count). The van der Waals surface area contributed by atoms with Gasteiger partial charge in [-0.2, -0.15) is 0 Å². The predicted molar refractivity (Wildman–Crippen MR) is 30.1 cm³/mol. The third-order valence-electron chi connectivity index (χ3n) is 0.558. The first-order valence-electron chi connectivity index (χ1n) is 2.37. The highest BCUT2D eigenvalue weighted by molar-refractivity contribution is 5.72. The Morgan fingerprint density at radius 3 is 2.88 bits per heavy atom. The topological polar surface area (TPSA) is 37.3 Å². The van der Waals surface area contributed by atoms with Crippen molar-refractivity contribution < 1.29 is 9.90 Å². The van der Waals surface area contributed by atoms with Gasteiger partial charge in [-0.15, -0.1) is 0 Å². The van der Waals surface area contributed by atoms with Crippen molar-refractivity contribution in [3.63, 3.8) is 0 Å². The summed E-state index contributed by atoms with van der Waals surface area (Å²) < 4.78 is 0. The second kappa shape index (κ2) is 4.35. The van der Waals surface area contributed by atoms with Crippen LogP contribution < -0.4 is 0 Å². The van der Waals surface area contributed by atoms with Gasteiger partial charge in [-0.1, -0.05) is 5.92 Å². The Morgan fingerprint density at radius 2 is 2.50 bits per heavy atom. The molecule has 1 unspecified atom stereocenters. The van der Waals surface area contributed by atoms with Crippen LogP contribution in [0.2, 0.25) is 0 Å². The van der Waals surface area contributed by atoms with E-state index >= 15 is 0 Å². The van der Waals surface area contributed by atoms with Gasteiger partial charge in [0.1, 0.15) is 0 Å². The van der Waals surface area contributed by atoms with Crippen molar-refractivity contribution in [3.8, 4) is 11.8 Å². The van der Waals surface area contributed by atoms with Crippen molar-refractivity contribution >= 4 is 6.29 Å². The lowest BCUT2D eigenvalue weighted by Gasteiger charge is -1.90. The van der Waals surface area contributed by atoms with E-state index < -0.39 is 6.10 Å². The summed E-state index contributed by atoms with van der Waals surface area (Å²) in [6.45, 7) is 1.62. The molecule has 2 heteroatoms. The first-order chi connectivity index (χ1) is 3.77. The Hall–Kier alpha value is -0.810. The van der Waals surface area contributed by atoms with Crippen LogP contribution >= 0.6 is 0 Å². The first kappa shape index (κ1) is 7.19. The number of carbonyl (C=O) groups excluding carboxylic acids is 1. The number of aliphatic hydroxyl groups is 1. The van der Waals surface area contributed by atoms with Crippen LogP contribution in [0.15, 0.2) is 0 Å². The molecule has 0 saturated heterocycles. The van der Waals surface area contributed by atoms with E-state index in [1.807, 2.05) is 0 Å². The smallest absolute Gasteiger partial charge is 0.192 e. The fourth-order valence-electron chi connectivity index (χ4n) is 0.248. The highest BCUT2D eigenvalue weighted by Gasteiger charge is 1.86. The van der Waals surface area contributed by atoms with Gasteiger partial charge >= 0.3 is 0 Å². The Labute approximate surface area is 48.5 Å². The average Bonchev–Trinajstić information content (AvgIpc) is 1.66. The molecule has 0 saturated carbocycles. The minimum atomic E-state index is -0.428. The molecule has 44 valence electrons. The third kappa shape index (κ3) is 5.19. The van der Waals surface area contributed by atoms with Crippen LogP contribution in [0, 0.1) is 11.8 Å². The summed E-state index contributed by atoms with van der Waals surface area (Å²) in [5, 5.41) is 8.56. The van der Waals surface area contributed by atoms with Crippen LogP contribution in [0.5, 0.6) is 0 Å². The van der Waals surface area contributed by atoms with Crippen LogP contribution in [0.4, 0.5) is 0 Å². The molecule has 0 heterocycles. The van der Waals surface area contributed by atoms with Crippen LogP contribution in [0.1, 0.15) is 13.3 Å². The maximum atomic E-state index is 9.53. The Bertz CT molecular complexity index is 116. The zero-order chi connectivity index (χ0) is 6.41. The minimum Gasteiger partial charge on any atom is -0.392 e. The highest BCUT2D eigenvalue weighted by Crippen LogP contribution is 1.83. The summed E-state index contributed by atoms with van der Waals surface area (Å²) in [4.78, 5) is 9.53. The first-order valence-corrected chi connectivity index (χ1v) is 2.37. The van der Waals surface area contributed by atoms with Gasteiger partial charge in [0, 0.05) is 6.42 Å². The standard InChI is InChI=1S/C6H8O2/c1-6(8)4-2-3-5-7/h5-6,8H,4H2,1H3. The second-order valence-electron chi connectivity index (χ2n) is 1.49. The van der Waals surface area contributed by atoms with Gasteiger partial charge in [0.05, 0.1) is 6.10 Å². The summed E-state index contributed by atoms with van der Waals surface area (Å²) in [6.07, 6.45) is 0.462. The molecule has 1 N–H and O–H groups in total. The molecular weight excluding hydrogens is 104 g/mol. The lowest BCUT2D eigenvalue weighted by Crippen LogP contribution is -1.95. The van der Waals surface area contributed by atoms with Crippen molar-refractivity contribution in [1.82, 2.24) is 0 Å². The quantitative estimate of drug-likeness (QED) is 0.381. The monoisotopic (exact) mass is 112 g/mol. The van der Waals surface area contributed by atoms with Gasteiger partial charge in [0.25, 0.3) is 0 Å². The fourth-order valence-corrected chi connectivity index (χ4v) is 0.248. The Balaban J connectivity index is 3.28. The van der Waals surface area contributed by atoms with E-state index in [9.17, 15) is 4.79 Å². The van der Waals surface area contributed by atoms with Gasteiger partial charge in [-0.25, -0.2) is 0 Å². The molecule has 0 fully saturated rings. The molecule has 0 aromatic heterocycles. The van der Waals surface area contributed by atoms with Crippen molar-refractivity contribution in [1.29, 1.82) is 0 Å². The van der Waals surface area contributed by atoms with Gasteiger partial charge in [0.2, 0.25) is 0 Å². The second-order valence-corrected chi connectivity index (χ2v) is 1.49. The molecule has 0 aromatic carbocycles. The molecule has 0 radical (unpaired) electrons. The number of carbonyl (C=O) groups is 1. The van der Waals surface area contributed by atoms with Crippen molar-refractivity contribution in [3.05, 3.63) is 0 Å². The lowest BCUT2D eigenvalue weighted by molar-refractivity contribution is -0.103. The van der Waals surface area contributed by atoms with Gasteiger partial charge in [-0.3, -0.25) is 4.79 Å². The number of rotatable bonds is 1. The molecular formula is C6H8O2. The van der Waals surface area contributed by atoms with Crippen LogP contribution in [0.3, 0.4) is 0 Å². The number of aliphatic hydroxyl groups excluding tert-OH is 1. The minimum absolute atomic E-state index is 0.374.